The standard InChI is InChI=1S/C9H9F3OS/c1-14-13-6-7-2-4-8(5-3-7)9(10,11)12/h2-5H,6H2,1H3. The van der Waals surface area contributed by atoms with Crippen molar-refractivity contribution in [2.75, 3.05) is 6.26 Å². The van der Waals surface area contributed by atoms with Crippen molar-refractivity contribution in [3.8, 4) is 0 Å². The third-order valence-corrected chi connectivity index (χ3v) is 1.98. The average Bonchev–Trinajstić information content (AvgIpc) is 2.14. The fourth-order valence-corrected chi connectivity index (χ4v) is 1.17. The highest BCUT2D eigenvalue weighted by Crippen LogP contribution is 2.29. The van der Waals surface area contributed by atoms with Gasteiger partial charge in [-0.15, -0.1) is 0 Å². The summed E-state index contributed by atoms with van der Waals surface area (Å²) in [6.45, 7) is 0.319. The van der Waals surface area contributed by atoms with Gasteiger partial charge in [-0.05, 0) is 29.7 Å². The zero-order chi connectivity index (χ0) is 10.6. The summed E-state index contributed by atoms with van der Waals surface area (Å²) in [5, 5.41) is 0. The summed E-state index contributed by atoms with van der Waals surface area (Å²) in [6, 6.07) is 4.94. The highest BCUT2D eigenvalue weighted by molar-refractivity contribution is 7.93. The minimum atomic E-state index is -4.26. The lowest BCUT2D eigenvalue weighted by Gasteiger charge is -2.07. The molecule has 0 heterocycles. The molecule has 0 aromatic heterocycles. The molecule has 0 aliphatic carbocycles. The largest absolute Gasteiger partial charge is 0.416 e. The number of hydrogen-bond donors (Lipinski definition) is 0. The van der Waals surface area contributed by atoms with E-state index in [0.717, 1.165) is 17.7 Å². The second-order valence-electron chi connectivity index (χ2n) is 2.62. The normalized spacial score (nSPS) is 11.7. The molecule has 0 saturated carbocycles. The molecule has 5 heteroatoms. The van der Waals surface area contributed by atoms with E-state index in [1.807, 2.05) is 0 Å². The lowest BCUT2D eigenvalue weighted by molar-refractivity contribution is -0.137. The molecule has 0 bridgehead atoms. The summed E-state index contributed by atoms with van der Waals surface area (Å²) in [5.41, 5.74) is 0.0951. The highest BCUT2D eigenvalue weighted by Gasteiger charge is 2.29. The zero-order valence-electron chi connectivity index (χ0n) is 7.47. The van der Waals surface area contributed by atoms with Crippen LogP contribution in [0.3, 0.4) is 0 Å². The van der Waals surface area contributed by atoms with Crippen LogP contribution in [0.5, 0.6) is 0 Å². The molecule has 0 radical (unpaired) electrons. The summed E-state index contributed by atoms with van der Waals surface area (Å²) in [6.07, 6.45) is -2.51. The fraction of sp³-hybridized carbons (Fsp3) is 0.333. The Bertz CT molecular complexity index is 281. The molecule has 1 aromatic rings. The van der Waals surface area contributed by atoms with Crippen LogP contribution in [-0.4, -0.2) is 6.26 Å². The molecule has 0 unspecified atom stereocenters. The number of rotatable bonds is 3. The molecule has 0 aliphatic rings. The predicted octanol–water partition coefficient (Wildman–Crippen LogP) is 3.50. The summed E-state index contributed by atoms with van der Waals surface area (Å²) in [4.78, 5) is 0. The van der Waals surface area contributed by atoms with Crippen LogP contribution in [0.4, 0.5) is 13.2 Å². The van der Waals surface area contributed by atoms with Gasteiger partial charge in [0, 0.05) is 6.26 Å². The van der Waals surface area contributed by atoms with Gasteiger partial charge >= 0.3 is 6.18 Å². The van der Waals surface area contributed by atoms with Crippen LogP contribution in [0.15, 0.2) is 24.3 Å². The Morgan fingerprint density at radius 2 is 1.79 bits per heavy atom. The van der Waals surface area contributed by atoms with Crippen molar-refractivity contribution in [3.63, 3.8) is 0 Å². The van der Waals surface area contributed by atoms with Crippen molar-refractivity contribution in [3.05, 3.63) is 35.4 Å². The van der Waals surface area contributed by atoms with Crippen LogP contribution >= 0.6 is 12.0 Å². The number of hydrogen-bond acceptors (Lipinski definition) is 2. The summed E-state index contributed by atoms with van der Waals surface area (Å²) in [5.74, 6) is 0. The van der Waals surface area contributed by atoms with Crippen LogP contribution in [0.1, 0.15) is 11.1 Å². The Hall–Kier alpha value is -0.680. The SMILES string of the molecule is CSOCc1ccc(C(F)(F)F)cc1. The number of benzene rings is 1. The van der Waals surface area contributed by atoms with E-state index in [0.29, 0.717) is 6.61 Å². The minimum absolute atomic E-state index is 0.319. The van der Waals surface area contributed by atoms with Gasteiger partial charge in [-0.25, -0.2) is 0 Å². The Morgan fingerprint density at radius 1 is 1.21 bits per heavy atom. The molecule has 1 nitrogen and oxygen atoms in total. The monoisotopic (exact) mass is 222 g/mol. The smallest absolute Gasteiger partial charge is 0.311 e. The molecule has 0 aliphatic heterocycles. The molecule has 0 atom stereocenters. The topological polar surface area (TPSA) is 9.23 Å². The van der Waals surface area contributed by atoms with E-state index in [-0.39, 0.29) is 0 Å². The second kappa shape index (κ2) is 4.70. The average molecular weight is 222 g/mol. The van der Waals surface area contributed by atoms with E-state index in [2.05, 4.69) is 0 Å². The van der Waals surface area contributed by atoms with Crippen molar-refractivity contribution in [1.82, 2.24) is 0 Å². The lowest BCUT2D eigenvalue weighted by Crippen LogP contribution is -2.04. The molecule has 1 rings (SSSR count). The van der Waals surface area contributed by atoms with Gasteiger partial charge in [-0.2, -0.15) is 13.2 Å². The molecule has 0 saturated heterocycles. The van der Waals surface area contributed by atoms with Gasteiger partial charge in [-0.3, -0.25) is 0 Å². The first-order chi connectivity index (χ1) is 6.54. The van der Waals surface area contributed by atoms with Gasteiger partial charge in [0.2, 0.25) is 0 Å². The molecular weight excluding hydrogens is 213 g/mol. The van der Waals surface area contributed by atoms with Gasteiger partial charge in [0.1, 0.15) is 0 Å². The summed E-state index contributed by atoms with van der Waals surface area (Å²) in [7, 11) is 0. The second-order valence-corrected chi connectivity index (χ2v) is 3.19. The van der Waals surface area contributed by atoms with Gasteiger partial charge in [0.15, 0.2) is 0 Å². The van der Waals surface area contributed by atoms with Gasteiger partial charge in [-0.1, -0.05) is 12.1 Å². The molecule has 0 spiro atoms. The first-order valence-corrected chi connectivity index (χ1v) is 5.01. The molecule has 0 amide bonds. The van der Waals surface area contributed by atoms with E-state index >= 15 is 0 Å². The molecule has 14 heavy (non-hydrogen) atoms. The highest BCUT2D eigenvalue weighted by atomic mass is 32.2. The summed E-state index contributed by atoms with van der Waals surface area (Å²) >= 11 is 1.18. The van der Waals surface area contributed by atoms with E-state index in [9.17, 15) is 13.2 Å². The van der Waals surface area contributed by atoms with Gasteiger partial charge in [0.05, 0.1) is 12.2 Å². The molecule has 0 fully saturated rings. The van der Waals surface area contributed by atoms with Crippen LogP contribution in [-0.2, 0) is 17.0 Å². The first kappa shape index (κ1) is 11.4. The Kier molecular flexibility index (Phi) is 3.83. The Morgan fingerprint density at radius 3 is 2.21 bits per heavy atom. The third kappa shape index (κ3) is 3.23. The fourth-order valence-electron chi connectivity index (χ4n) is 0.917. The van der Waals surface area contributed by atoms with Crippen molar-refractivity contribution < 1.29 is 17.4 Å². The number of halogens is 3. The van der Waals surface area contributed by atoms with Crippen molar-refractivity contribution >= 4 is 12.0 Å². The first-order valence-electron chi connectivity index (χ1n) is 3.86. The molecule has 78 valence electrons. The Labute approximate surface area is 84.5 Å². The van der Waals surface area contributed by atoms with Crippen LogP contribution in [0.25, 0.3) is 0 Å². The predicted molar refractivity (Wildman–Crippen MR) is 49.7 cm³/mol. The van der Waals surface area contributed by atoms with Crippen molar-refractivity contribution in [1.29, 1.82) is 0 Å². The van der Waals surface area contributed by atoms with Gasteiger partial charge in [0.25, 0.3) is 0 Å². The summed E-state index contributed by atoms with van der Waals surface area (Å²) < 4.78 is 41.4. The van der Waals surface area contributed by atoms with Crippen molar-refractivity contribution in [2.24, 2.45) is 0 Å². The maximum atomic E-state index is 12.1. The van der Waals surface area contributed by atoms with Gasteiger partial charge < -0.3 is 4.18 Å². The number of alkyl halides is 3. The maximum Gasteiger partial charge on any atom is 0.416 e. The van der Waals surface area contributed by atoms with Crippen molar-refractivity contribution in [2.45, 2.75) is 12.8 Å². The van der Waals surface area contributed by atoms with E-state index in [1.54, 1.807) is 6.26 Å². The van der Waals surface area contributed by atoms with Crippen LogP contribution in [0, 0.1) is 0 Å². The zero-order valence-corrected chi connectivity index (χ0v) is 8.28. The van der Waals surface area contributed by atoms with E-state index < -0.39 is 11.7 Å². The quantitative estimate of drug-likeness (QED) is 0.724. The molecular formula is C9H9F3OS. The van der Waals surface area contributed by atoms with Crippen LogP contribution in [0.2, 0.25) is 0 Å². The molecule has 0 N–H and O–H groups in total. The van der Waals surface area contributed by atoms with E-state index in [4.69, 9.17) is 4.18 Å². The Balaban J connectivity index is 2.69. The third-order valence-electron chi connectivity index (χ3n) is 1.62. The van der Waals surface area contributed by atoms with E-state index in [1.165, 1.54) is 24.2 Å². The minimum Gasteiger partial charge on any atom is -0.311 e. The van der Waals surface area contributed by atoms with Crippen LogP contribution < -0.4 is 0 Å². The molecule has 1 aromatic carbocycles. The lowest BCUT2D eigenvalue weighted by atomic mass is 10.1. The maximum absolute atomic E-state index is 12.1.